The molecule has 23 heavy (non-hydrogen) atoms. The van der Waals surface area contributed by atoms with Gasteiger partial charge in [0.25, 0.3) is 5.91 Å². The van der Waals surface area contributed by atoms with Crippen LogP contribution in [-0.2, 0) is 9.59 Å². The van der Waals surface area contributed by atoms with Gasteiger partial charge in [-0.2, -0.15) is 0 Å². The van der Waals surface area contributed by atoms with E-state index >= 15 is 0 Å². The molecule has 0 aromatic heterocycles. The van der Waals surface area contributed by atoms with Crippen LogP contribution in [0, 0.1) is 6.92 Å². The average Bonchev–Trinajstić information content (AvgIpc) is 2.51. The van der Waals surface area contributed by atoms with Gasteiger partial charge in [0, 0.05) is 16.4 Å². The fourth-order valence-electron chi connectivity index (χ4n) is 1.84. The molecular weight excluding hydrogens is 318 g/mol. The summed E-state index contributed by atoms with van der Waals surface area (Å²) in [6, 6.07) is 11.1. The van der Waals surface area contributed by atoms with Crippen LogP contribution in [0.1, 0.15) is 15.9 Å². The number of carbonyl (C=O) groups excluding carboxylic acids is 3. The summed E-state index contributed by atoms with van der Waals surface area (Å²) in [7, 11) is 0. The maximum Gasteiger partial charge on any atom is 0.316 e. The minimum atomic E-state index is -1.09. The molecule has 118 valence electrons. The summed E-state index contributed by atoms with van der Waals surface area (Å²) in [5.74, 6) is -2.80. The van der Waals surface area contributed by atoms with E-state index in [0.29, 0.717) is 10.7 Å². The predicted molar refractivity (Wildman–Crippen MR) is 88.1 cm³/mol. The van der Waals surface area contributed by atoms with E-state index in [2.05, 4.69) is 5.32 Å². The van der Waals surface area contributed by atoms with Crippen LogP contribution in [0.2, 0.25) is 5.02 Å². The number of aryl methyl sites for hydroxylation is 1. The lowest BCUT2D eigenvalue weighted by atomic mass is 10.1. The highest BCUT2D eigenvalue weighted by molar-refractivity contribution is 6.42. The van der Waals surface area contributed by atoms with Gasteiger partial charge >= 0.3 is 11.8 Å². The van der Waals surface area contributed by atoms with Gasteiger partial charge in [-0.1, -0.05) is 29.8 Å². The van der Waals surface area contributed by atoms with Gasteiger partial charge in [0.05, 0.1) is 5.56 Å². The third kappa shape index (κ3) is 4.08. The van der Waals surface area contributed by atoms with Crippen LogP contribution in [0.4, 0.5) is 11.4 Å². The molecule has 0 aliphatic rings. The van der Waals surface area contributed by atoms with Crippen LogP contribution in [0.3, 0.4) is 0 Å². The number of hydrogen-bond acceptors (Lipinski definition) is 4. The van der Waals surface area contributed by atoms with Gasteiger partial charge < -0.3 is 11.1 Å². The van der Waals surface area contributed by atoms with Crippen molar-refractivity contribution < 1.29 is 14.4 Å². The smallest absolute Gasteiger partial charge is 0.316 e. The van der Waals surface area contributed by atoms with E-state index in [0.717, 1.165) is 5.56 Å². The van der Waals surface area contributed by atoms with Crippen molar-refractivity contribution in [3.05, 3.63) is 58.6 Å². The largest absolute Gasteiger partial charge is 0.398 e. The maximum atomic E-state index is 11.9. The lowest BCUT2D eigenvalue weighted by Gasteiger charge is -2.09. The van der Waals surface area contributed by atoms with Crippen LogP contribution in [0.5, 0.6) is 0 Å². The third-order valence-electron chi connectivity index (χ3n) is 3.09. The summed E-state index contributed by atoms with van der Waals surface area (Å²) >= 11 is 5.84. The lowest BCUT2D eigenvalue weighted by molar-refractivity contribution is -0.135. The van der Waals surface area contributed by atoms with Crippen molar-refractivity contribution in [3.63, 3.8) is 0 Å². The molecule has 2 aromatic rings. The summed E-state index contributed by atoms with van der Waals surface area (Å²) in [5, 5.41) is 4.81. The Hall–Kier alpha value is -2.86. The Bertz CT molecular complexity index is 790. The van der Waals surface area contributed by atoms with Crippen molar-refractivity contribution >= 4 is 40.7 Å². The zero-order chi connectivity index (χ0) is 17.0. The van der Waals surface area contributed by atoms with Crippen LogP contribution in [0.15, 0.2) is 42.5 Å². The molecule has 2 aromatic carbocycles. The van der Waals surface area contributed by atoms with E-state index in [9.17, 15) is 14.4 Å². The fraction of sp³-hybridized carbons (Fsp3) is 0.0625. The van der Waals surface area contributed by atoms with Crippen molar-refractivity contribution in [1.29, 1.82) is 0 Å². The van der Waals surface area contributed by atoms with E-state index in [-0.39, 0.29) is 11.3 Å². The van der Waals surface area contributed by atoms with Crippen LogP contribution in [0.25, 0.3) is 0 Å². The number of carbonyl (C=O) groups is 3. The molecule has 0 saturated carbocycles. The van der Waals surface area contributed by atoms with Gasteiger partial charge in [0.2, 0.25) is 0 Å². The summed E-state index contributed by atoms with van der Waals surface area (Å²) in [6.07, 6.45) is 0. The highest BCUT2D eigenvalue weighted by atomic mass is 35.5. The van der Waals surface area contributed by atoms with Gasteiger partial charge in [-0.05, 0) is 36.8 Å². The molecule has 0 aliphatic carbocycles. The first-order valence-electron chi connectivity index (χ1n) is 6.66. The van der Waals surface area contributed by atoms with E-state index in [1.54, 1.807) is 31.2 Å². The predicted octanol–water partition coefficient (Wildman–Crippen LogP) is 2.13. The first-order valence-corrected chi connectivity index (χ1v) is 7.03. The molecule has 0 unspecified atom stereocenters. The number of nitrogens with one attached hydrogen (secondary N) is 2. The quantitative estimate of drug-likeness (QED) is 0.579. The van der Waals surface area contributed by atoms with E-state index in [1.807, 2.05) is 5.32 Å². The summed E-state index contributed by atoms with van der Waals surface area (Å²) in [4.78, 5) is 35.6. The Labute approximate surface area is 137 Å². The standard InChI is InChI=1S/C16H14ClN3O3/c1-9-6-7-10(17)8-13(9)19-15(22)16(23)20-14(21)11-4-2-3-5-12(11)18/h2-8H,18H2,1H3,(H,19,22)(H,20,21,23). The fourth-order valence-corrected chi connectivity index (χ4v) is 2.01. The van der Waals surface area contributed by atoms with E-state index < -0.39 is 17.7 Å². The number of para-hydroxylation sites is 1. The molecule has 0 spiro atoms. The normalized spacial score (nSPS) is 10.0. The number of rotatable bonds is 2. The van der Waals surface area contributed by atoms with Gasteiger partial charge in [0.1, 0.15) is 0 Å². The van der Waals surface area contributed by atoms with Crippen LogP contribution < -0.4 is 16.4 Å². The first kappa shape index (κ1) is 16.5. The highest BCUT2D eigenvalue weighted by Crippen LogP contribution is 2.20. The second kappa shape index (κ2) is 6.93. The summed E-state index contributed by atoms with van der Waals surface area (Å²) in [5.41, 5.74) is 7.10. The molecule has 0 atom stereocenters. The van der Waals surface area contributed by atoms with Crippen molar-refractivity contribution in [2.45, 2.75) is 6.92 Å². The lowest BCUT2D eigenvalue weighted by Crippen LogP contribution is -2.39. The molecule has 0 radical (unpaired) electrons. The number of anilines is 2. The van der Waals surface area contributed by atoms with E-state index in [1.165, 1.54) is 18.2 Å². The molecular formula is C16H14ClN3O3. The van der Waals surface area contributed by atoms with Crippen molar-refractivity contribution in [3.8, 4) is 0 Å². The molecule has 4 N–H and O–H groups in total. The molecule has 7 heteroatoms. The number of nitrogens with two attached hydrogens (primary N) is 1. The monoisotopic (exact) mass is 331 g/mol. The molecule has 0 aliphatic heterocycles. The summed E-state index contributed by atoms with van der Waals surface area (Å²) in [6.45, 7) is 1.75. The Morgan fingerprint density at radius 2 is 1.74 bits per heavy atom. The Kier molecular flexibility index (Phi) is 4.98. The Morgan fingerprint density at radius 3 is 2.43 bits per heavy atom. The Balaban J connectivity index is 2.06. The van der Waals surface area contributed by atoms with Gasteiger partial charge in [0.15, 0.2) is 0 Å². The molecule has 0 saturated heterocycles. The van der Waals surface area contributed by atoms with Crippen molar-refractivity contribution in [1.82, 2.24) is 5.32 Å². The number of benzene rings is 2. The summed E-state index contributed by atoms with van der Waals surface area (Å²) < 4.78 is 0. The molecule has 0 bridgehead atoms. The zero-order valence-electron chi connectivity index (χ0n) is 12.2. The van der Waals surface area contributed by atoms with Crippen molar-refractivity contribution in [2.75, 3.05) is 11.1 Å². The number of imide groups is 1. The number of amides is 3. The Morgan fingerprint density at radius 1 is 1.04 bits per heavy atom. The van der Waals surface area contributed by atoms with Crippen LogP contribution >= 0.6 is 11.6 Å². The molecule has 6 nitrogen and oxygen atoms in total. The number of hydrogen-bond donors (Lipinski definition) is 3. The zero-order valence-corrected chi connectivity index (χ0v) is 13.0. The first-order chi connectivity index (χ1) is 10.9. The SMILES string of the molecule is Cc1ccc(Cl)cc1NC(=O)C(=O)NC(=O)c1ccccc1N. The van der Waals surface area contributed by atoms with E-state index in [4.69, 9.17) is 17.3 Å². The average molecular weight is 332 g/mol. The van der Waals surface area contributed by atoms with Gasteiger partial charge in [-0.25, -0.2) is 0 Å². The molecule has 0 fully saturated rings. The molecule has 3 amide bonds. The minimum absolute atomic E-state index is 0.118. The van der Waals surface area contributed by atoms with Gasteiger partial charge in [-0.15, -0.1) is 0 Å². The van der Waals surface area contributed by atoms with Crippen molar-refractivity contribution in [2.24, 2.45) is 0 Å². The molecule has 2 rings (SSSR count). The maximum absolute atomic E-state index is 11.9. The molecule has 0 heterocycles. The van der Waals surface area contributed by atoms with Crippen LogP contribution in [-0.4, -0.2) is 17.7 Å². The number of nitrogen functional groups attached to an aromatic ring is 1. The number of halogens is 1. The highest BCUT2D eigenvalue weighted by Gasteiger charge is 2.19. The minimum Gasteiger partial charge on any atom is -0.398 e. The second-order valence-corrected chi connectivity index (χ2v) is 5.22. The van der Waals surface area contributed by atoms with Gasteiger partial charge in [-0.3, -0.25) is 19.7 Å². The topological polar surface area (TPSA) is 101 Å². The second-order valence-electron chi connectivity index (χ2n) is 4.78. The third-order valence-corrected chi connectivity index (χ3v) is 3.32.